The van der Waals surface area contributed by atoms with Gasteiger partial charge in [-0.1, -0.05) is 37.3 Å². The number of pyridine rings is 1. The van der Waals surface area contributed by atoms with E-state index >= 15 is 0 Å². The number of nitrogens with one attached hydrogen (secondary N) is 1. The van der Waals surface area contributed by atoms with Crippen LogP contribution in [0.4, 0.5) is 5.69 Å². The fourth-order valence-electron chi connectivity index (χ4n) is 2.01. The predicted molar refractivity (Wildman–Crippen MR) is 78.9 cm³/mol. The van der Waals surface area contributed by atoms with Crippen molar-refractivity contribution in [3.8, 4) is 5.75 Å². The Morgan fingerprint density at radius 1 is 1.26 bits per heavy atom. The van der Waals surface area contributed by atoms with Crippen LogP contribution in [0.1, 0.15) is 24.1 Å². The first-order valence-electron chi connectivity index (χ1n) is 6.50. The molecule has 0 spiro atoms. The largest absolute Gasteiger partial charge is 0.493 e. The van der Waals surface area contributed by atoms with Gasteiger partial charge in [-0.2, -0.15) is 0 Å². The van der Waals surface area contributed by atoms with Crippen molar-refractivity contribution < 1.29 is 4.74 Å². The Morgan fingerprint density at radius 2 is 2.00 bits per heavy atom. The molecular formula is C16H20N2O. The summed E-state index contributed by atoms with van der Waals surface area (Å²) in [5, 5.41) is 3.44. The second kappa shape index (κ2) is 6.23. The van der Waals surface area contributed by atoms with Crippen molar-refractivity contribution in [2.75, 3.05) is 19.0 Å². The summed E-state index contributed by atoms with van der Waals surface area (Å²) in [6.45, 7) is 5.05. The molecular weight excluding hydrogens is 236 g/mol. The number of benzene rings is 1. The number of aromatic nitrogens is 1. The number of ether oxygens (including phenoxy) is 1. The average molecular weight is 256 g/mol. The van der Waals surface area contributed by atoms with Gasteiger partial charge in [-0.15, -0.1) is 0 Å². The maximum atomic E-state index is 5.31. The lowest BCUT2D eigenvalue weighted by molar-refractivity contribution is 0.414. The SMILES string of the molecule is COc1cnc(C)cc1NCC(C)c1ccccc1. The van der Waals surface area contributed by atoms with Crippen molar-refractivity contribution >= 4 is 5.69 Å². The van der Waals surface area contributed by atoms with Crippen LogP contribution in [-0.4, -0.2) is 18.6 Å². The molecule has 3 nitrogen and oxygen atoms in total. The van der Waals surface area contributed by atoms with Crippen LogP contribution in [-0.2, 0) is 0 Å². The lowest BCUT2D eigenvalue weighted by atomic mass is 10.0. The Labute approximate surface area is 114 Å². The normalized spacial score (nSPS) is 11.9. The molecule has 0 bridgehead atoms. The highest BCUT2D eigenvalue weighted by Crippen LogP contribution is 2.25. The zero-order valence-corrected chi connectivity index (χ0v) is 11.7. The van der Waals surface area contributed by atoms with Gasteiger partial charge < -0.3 is 10.1 Å². The van der Waals surface area contributed by atoms with Gasteiger partial charge in [0.2, 0.25) is 0 Å². The average Bonchev–Trinajstić information content (AvgIpc) is 2.46. The minimum absolute atomic E-state index is 0.444. The molecule has 2 aromatic rings. The van der Waals surface area contributed by atoms with Crippen LogP contribution in [0.15, 0.2) is 42.6 Å². The Kier molecular flexibility index (Phi) is 4.39. The molecule has 19 heavy (non-hydrogen) atoms. The smallest absolute Gasteiger partial charge is 0.160 e. The quantitative estimate of drug-likeness (QED) is 0.887. The molecule has 1 unspecified atom stereocenters. The van der Waals surface area contributed by atoms with E-state index in [9.17, 15) is 0 Å². The fraction of sp³-hybridized carbons (Fsp3) is 0.312. The molecule has 1 heterocycles. The van der Waals surface area contributed by atoms with Crippen molar-refractivity contribution in [3.63, 3.8) is 0 Å². The highest BCUT2D eigenvalue weighted by molar-refractivity contribution is 5.56. The van der Waals surface area contributed by atoms with E-state index in [1.165, 1.54) is 5.56 Å². The molecule has 1 aromatic carbocycles. The van der Waals surface area contributed by atoms with E-state index in [0.717, 1.165) is 23.7 Å². The summed E-state index contributed by atoms with van der Waals surface area (Å²) in [5.41, 5.74) is 3.31. The summed E-state index contributed by atoms with van der Waals surface area (Å²) in [4.78, 5) is 4.23. The van der Waals surface area contributed by atoms with E-state index in [4.69, 9.17) is 4.74 Å². The number of hydrogen-bond acceptors (Lipinski definition) is 3. The van der Waals surface area contributed by atoms with Crippen molar-refractivity contribution in [2.24, 2.45) is 0 Å². The van der Waals surface area contributed by atoms with Crippen molar-refractivity contribution in [1.29, 1.82) is 0 Å². The Bertz CT molecular complexity index is 526. The van der Waals surface area contributed by atoms with Crippen LogP contribution in [0.25, 0.3) is 0 Å². The van der Waals surface area contributed by atoms with E-state index in [-0.39, 0.29) is 0 Å². The van der Waals surface area contributed by atoms with Gasteiger partial charge in [0.05, 0.1) is 19.0 Å². The lowest BCUT2D eigenvalue weighted by Gasteiger charge is -2.16. The molecule has 100 valence electrons. The second-order valence-electron chi connectivity index (χ2n) is 4.72. The van der Waals surface area contributed by atoms with Crippen molar-refractivity contribution in [1.82, 2.24) is 4.98 Å². The topological polar surface area (TPSA) is 34.1 Å². The number of anilines is 1. The van der Waals surface area contributed by atoms with E-state index in [1.807, 2.05) is 19.1 Å². The lowest BCUT2D eigenvalue weighted by Crippen LogP contribution is -2.10. The summed E-state index contributed by atoms with van der Waals surface area (Å²) >= 11 is 0. The molecule has 1 aromatic heterocycles. The number of aryl methyl sites for hydroxylation is 1. The monoisotopic (exact) mass is 256 g/mol. The predicted octanol–water partition coefficient (Wildman–Crippen LogP) is 3.61. The minimum atomic E-state index is 0.444. The standard InChI is InChI=1S/C16H20N2O/c1-12(14-7-5-4-6-8-14)10-18-15-9-13(2)17-11-16(15)19-3/h4-9,11-12H,10H2,1-3H3,(H,17,18). The molecule has 1 atom stereocenters. The molecule has 2 rings (SSSR count). The highest BCUT2D eigenvalue weighted by atomic mass is 16.5. The van der Waals surface area contributed by atoms with Gasteiger partial charge in [-0.05, 0) is 24.5 Å². The third kappa shape index (κ3) is 3.47. The third-order valence-corrected chi connectivity index (χ3v) is 3.19. The Hall–Kier alpha value is -2.03. The summed E-state index contributed by atoms with van der Waals surface area (Å²) in [6.07, 6.45) is 1.75. The Balaban J connectivity index is 2.04. The summed E-state index contributed by atoms with van der Waals surface area (Å²) in [6, 6.07) is 12.5. The van der Waals surface area contributed by atoms with Gasteiger partial charge in [0, 0.05) is 12.2 Å². The first-order chi connectivity index (χ1) is 9.20. The molecule has 0 aliphatic rings. The summed E-state index contributed by atoms with van der Waals surface area (Å²) in [5.74, 6) is 1.23. The Morgan fingerprint density at radius 3 is 2.68 bits per heavy atom. The number of rotatable bonds is 5. The van der Waals surface area contributed by atoms with Crippen LogP contribution in [0.3, 0.4) is 0 Å². The molecule has 0 radical (unpaired) electrons. The zero-order chi connectivity index (χ0) is 13.7. The molecule has 0 saturated heterocycles. The summed E-state index contributed by atoms with van der Waals surface area (Å²) < 4.78 is 5.31. The number of hydrogen-bond donors (Lipinski definition) is 1. The van der Waals surface area contributed by atoms with Crippen molar-refractivity contribution in [2.45, 2.75) is 19.8 Å². The zero-order valence-electron chi connectivity index (χ0n) is 11.7. The first kappa shape index (κ1) is 13.4. The number of nitrogens with zero attached hydrogens (tertiary/aromatic N) is 1. The molecule has 0 saturated carbocycles. The van der Waals surface area contributed by atoms with Gasteiger partial charge in [-0.25, -0.2) is 0 Å². The van der Waals surface area contributed by atoms with Gasteiger partial charge >= 0.3 is 0 Å². The van der Waals surface area contributed by atoms with Gasteiger partial charge in [0.15, 0.2) is 5.75 Å². The molecule has 0 amide bonds. The molecule has 1 N–H and O–H groups in total. The molecule has 0 aliphatic carbocycles. The fourth-order valence-corrected chi connectivity index (χ4v) is 2.01. The van der Waals surface area contributed by atoms with Crippen LogP contribution in [0, 0.1) is 6.92 Å². The van der Waals surface area contributed by atoms with Gasteiger partial charge in [-0.3, -0.25) is 4.98 Å². The first-order valence-corrected chi connectivity index (χ1v) is 6.50. The van der Waals surface area contributed by atoms with Crippen molar-refractivity contribution in [3.05, 3.63) is 53.9 Å². The van der Waals surface area contributed by atoms with E-state index < -0.39 is 0 Å². The maximum Gasteiger partial charge on any atom is 0.160 e. The van der Waals surface area contributed by atoms with E-state index in [1.54, 1.807) is 13.3 Å². The van der Waals surface area contributed by atoms with E-state index in [2.05, 4.69) is 41.5 Å². The molecule has 0 aliphatic heterocycles. The molecule has 0 fully saturated rings. The van der Waals surface area contributed by atoms with E-state index in [0.29, 0.717) is 5.92 Å². The van der Waals surface area contributed by atoms with Gasteiger partial charge in [0.25, 0.3) is 0 Å². The van der Waals surface area contributed by atoms with Crippen LogP contribution >= 0.6 is 0 Å². The highest BCUT2D eigenvalue weighted by Gasteiger charge is 2.07. The number of methoxy groups -OCH3 is 1. The van der Waals surface area contributed by atoms with Gasteiger partial charge in [0.1, 0.15) is 0 Å². The van der Waals surface area contributed by atoms with Crippen LogP contribution < -0.4 is 10.1 Å². The summed E-state index contributed by atoms with van der Waals surface area (Å²) in [7, 11) is 1.66. The second-order valence-corrected chi connectivity index (χ2v) is 4.72. The minimum Gasteiger partial charge on any atom is -0.493 e. The maximum absolute atomic E-state index is 5.31. The van der Waals surface area contributed by atoms with Crippen LogP contribution in [0.2, 0.25) is 0 Å². The molecule has 3 heteroatoms. The van der Waals surface area contributed by atoms with Crippen LogP contribution in [0.5, 0.6) is 5.75 Å². The third-order valence-electron chi connectivity index (χ3n) is 3.19.